The quantitative estimate of drug-likeness (QED) is 0.858. The van der Waals surface area contributed by atoms with E-state index in [1.807, 2.05) is 31.4 Å². The minimum Gasteiger partial charge on any atom is -0.444 e. The van der Waals surface area contributed by atoms with Crippen LogP contribution in [0.2, 0.25) is 0 Å². The van der Waals surface area contributed by atoms with Crippen LogP contribution in [0.4, 0.5) is 10.5 Å². The van der Waals surface area contributed by atoms with E-state index in [1.54, 1.807) is 4.90 Å². The van der Waals surface area contributed by atoms with Gasteiger partial charge in [-0.25, -0.2) is 9.59 Å². The maximum absolute atomic E-state index is 12.7. The molecule has 0 unspecified atom stereocenters. The lowest BCUT2D eigenvalue weighted by atomic mass is 10.0. The summed E-state index contributed by atoms with van der Waals surface area (Å²) >= 11 is 0. The Morgan fingerprint density at radius 2 is 1.79 bits per heavy atom. The van der Waals surface area contributed by atoms with Gasteiger partial charge in [-0.05, 0) is 64.7 Å². The van der Waals surface area contributed by atoms with Gasteiger partial charge < -0.3 is 19.5 Å². The fraction of sp³-hybridized carbons (Fsp3) is 0.619. The molecule has 1 N–H and O–H groups in total. The second-order valence-corrected chi connectivity index (χ2v) is 8.89. The van der Waals surface area contributed by atoms with E-state index in [2.05, 4.69) is 22.0 Å². The summed E-state index contributed by atoms with van der Waals surface area (Å²) < 4.78 is 7.37. The Hall–Kier alpha value is -2.44. The number of nitrogens with one attached hydrogen (secondary N) is 1. The number of aromatic nitrogens is 2. The summed E-state index contributed by atoms with van der Waals surface area (Å²) in [6.45, 7) is 8.99. The first-order valence-electron chi connectivity index (χ1n) is 10.3. The van der Waals surface area contributed by atoms with Crippen LogP contribution in [0.1, 0.15) is 52.5 Å². The van der Waals surface area contributed by atoms with Gasteiger partial charge in [-0.15, -0.1) is 0 Å². The molecule has 152 valence electrons. The highest BCUT2D eigenvalue weighted by Crippen LogP contribution is 2.29. The Bertz CT molecular complexity index is 910. The molecule has 2 aromatic rings. The maximum atomic E-state index is 12.7. The molecule has 0 atom stereocenters. The lowest BCUT2D eigenvalue weighted by Gasteiger charge is -2.33. The van der Waals surface area contributed by atoms with E-state index in [4.69, 9.17) is 4.74 Å². The number of nitrogens with zero attached hydrogens (tertiary/aromatic N) is 3. The number of H-pyrrole nitrogens is 1. The van der Waals surface area contributed by atoms with Gasteiger partial charge in [-0.3, -0.25) is 4.57 Å². The molecule has 0 radical (unpaired) electrons. The molecule has 2 saturated heterocycles. The zero-order valence-electron chi connectivity index (χ0n) is 17.0. The summed E-state index contributed by atoms with van der Waals surface area (Å²) in [5, 5.41) is 0. The molecule has 2 aliphatic heterocycles. The van der Waals surface area contributed by atoms with Gasteiger partial charge in [0.05, 0.1) is 11.0 Å². The number of amides is 1. The molecular formula is C21H30N4O3. The van der Waals surface area contributed by atoms with Crippen molar-refractivity contribution in [3.8, 4) is 0 Å². The Labute approximate surface area is 165 Å². The number of likely N-dealkylation sites (tertiary alicyclic amines) is 1. The molecule has 3 heterocycles. The summed E-state index contributed by atoms with van der Waals surface area (Å²) in [4.78, 5) is 32.1. The predicted octanol–water partition coefficient (Wildman–Crippen LogP) is 3.50. The average molecular weight is 386 g/mol. The molecule has 0 bridgehead atoms. The first-order chi connectivity index (χ1) is 13.3. The lowest BCUT2D eigenvalue weighted by Crippen LogP contribution is -2.43. The van der Waals surface area contributed by atoms with Gasteiger partial charge in [0.2, 0.25) is 0 Å². The van der Waals surface area contributed by atoms with E-state index in [-0.39, 0.29) is 17.8 Å². The standard InChI is InChI=1S/C21H30N4O3/c1-21(2,3)28-20(27)24-12-8-15(9-13-24)25-18-14-16(23-10-4-5-11-23)6-7-17(18)22-19(25)26/h6-7,14-15H,4-5,8-13H2,1-3H3,(H,22,26). The van der Waals surface area contributed by atoms with E-state index in [0.717, 1.165) is 37.0 Å². The third kappa shape index (κ3) is 3.75. The molecule has 0 spiro atoms. The van der Waals surface area contributed by atoms with E-state index in [0.29, 0.717) is 13.1 Å². The number of carbonyl (C=O) groups excluding carboxylic acids is 1. The van der Waals surface area contributed by atoms with Gasteiger partial charge in [0.1, 0.15) is 5.60 Å². The highest BCUT2D eigenvalue weighted by atomic mass is 16.6. The van der Waals surface area contributed by atoms with Gasteiger partial charge in [-0.2, -0.15) is 0 Å². The van der Waals surface area contributed by atoms with Crippen molar-refractivity contribution in [2.75, 3.05) is 31.1 Å². The van der Waals surface area contributed by atoms with E-state index < -0.39 is 5.60 Å². The van der Waals surface area contributed by atoms with Crippen molar-refractivity contribution in [1.29, 1.82) is 0 Å². The minimum absolute atomic E-state index is 0.0655. The van der Waals surface area contributed by atoms with Crippen molar-refractivity contribution < 1.29 is 9.53 Å². The van der Waals surface area contributed by atoms with Crippen molar-refractivity contribution in [2.45, 2.75) is 58.1 Å². The van der Waals surface area contributed by atoms with Gasteiger partial charge in [0, 0.05) is 37.9 Å². The number of benzene rings is 1. The fourth-order valence-electron chi connectivity index (χ4n) is 4.28. The summed E-state index contributed by atoms with van der Waals surface area (Å²) in [6.07, 6.45) is 3.68. The summed E-state index contributed by atoms with van der Waals surface area (Å²) in [7, 11) is 0. The number of rotatable bonds is 2. The Morgan fingerprint density at radius 1 is 1.11 bits per heavy atom. The number of piperidine rings is 1. The van der Waals surface area contributed by atoms with Crippen LogP contribution in [0.5, 0.6) is 0 Å². The molecule has 0 aliphatic carbocycles. The van der Waals surface area contributed by atoms with E-state index >= 15 is 0 Å². The minimum atomic E-state index is -0.492. The Morgan fingerprint density at radius 3 is 2.43 bits per heavy atom. The third-order valence-corrected chi connectivity index (χ3v) is 5.65. The Kier molecular flexibility index (Phi) is 4.85. The number of carbonyl (C=O) groups is 1. The van der Waals surface area contributed by atoms with Crippen LogP contribution in [-0.2, 0) is 4.74 Å². The van der Waals surface area contributed by atoms with Crippen molar-refractivity contribution in [3.63, 3.8) is 0 Å². The predicted molar refractivity (Wildman–Crippen MR) is 110 cm³/mol. The second kappa shape index (κ2) is 7.18. The van der Waals surface area contributed by atoms with Crippen LogP contribution in [-0.4, -0.2) is 52.3 Å². The van der Waals surface area contributed by atoms with Gasteiger partial charge >= 0.3 is 11.8 Å². The lowest BCUT2D eigenvalue weighted by molar-refractivity contribution is 0.0189. The fourth-order valence-corrected chi connectivity index (χ4v) is 4.28. The van der Waals surface area contributed by atoms with Crippen LogP contribution >= 0.6 is 0 Å². The van der Waals surface area contributed by atoms with Crippen molar-refractivity contribution in [1.82, 2.24) is 14.5 Å². The maximum Gasteiger partial charge on any atom is 0.410 e. The smallest absolute Gasteiger partial charge is 0.410 e. The molecule has 1 amide bonds. The summed E-state index contributed by atoms with van der Waals surface area (Å²) in [6, 6.07) is 6.34. The summed E-state index contributed by atoms with van der Waals surface area (Å²) in [5.41, 5.74) is 2.47. The molecule has 7 heteroatoms. The number of imidazole rings is 1. The van der Waals surface area contributed by atoms with E-state index in [1.165, 1.54) is 18.5 Å². The van der Waals surface area contributed by atoms with Crippen molar-refractivity contribution in [3.05, 3.63) is 28.7 Å². The van der Waals surface area contributed by atoms with Crippen LogP contribution in [0.3, 0.4) is 0 Å². The zero-order valence-corrected chi connectivity index (χ0v) is 17.0. The monoisotopic (exact) mass is 386 g/mol. The number of fused-ring (bicyclic) bond motifs is 1. The van der Waals surface area contributed by atoms with E-state index in [9.17, 15) is 9.59 Å². The molecule has 2 fully saturated rings. The first-order valence-corrected chi connectivity index (χ1v) is 10.3. The van der Waals surface area contributed by atoms with Gasteiger partial charge in [0.15, 0.2) is 0 Å². The SMILES string of the molecule is CC(C)(C)OC(=O)N1CCC(n2c(=O)[nH]c3ccc(N4CCCC4)cc32)CC1. The highest BCUT2D eigenvalue weighted by molar-refractivity contribution is 5.80. The van der Waals surface area contributed by atoms with Crippen LogP contribution in [0.15, 0.2) is 23.0 Å². The number of hydrogen-bond acceptors (Lipinski definition) is 4. The topological polar surface area (TPSA) is 70.6 Å². The third-order valence-electron chi connectivity index (χ3n) is 5.65. The normalized spacial score (nSPS) is 18.8. The Balaban J connectivity index is 1.53. The largest absolute Gasteiger partial charge is 0.444 e. The highest BCUT2D eigenvalue weighted by Gasteiger charge is 2.29. The first kappa shape index (κ1) is 18.9. The summed E-state index contributed by atoms with van der Waals surface area (Å²) in [5.74, 6) is 0. The number of hydrogen-bond donors (Lipinski definition) is 1. The van der Waals surface area contributed by atoms with Crippen LogP contribution in [0, 0.1) is 0 Å². The number of aromatic amines is 1. The number of ether oxygens (including phenoxy) is 1. The number of anilines is 1. The molecule has 2 aliphatic rings. The molecule has 1 aromatic heterocycles. The second-order valence-electron chi connectivity index (χ2n) is 8.89. The van der Waals surface area contributed by atoms with Crippen molar-refractivity contribution >= 4 is 22.8 Å². The molecule has 0 saturated carbocycles. The molecule has 1 aromatic carbocycles. The molecule has 28 heavy (non-hydrogen) atoms. The van der Waals surface area contributed by atoms with Crippen LogP contribution < -0.4 is 10.6 Å². The molecule has 4 rings (SSSR count). The molecular weight excluding hydrogens is 356 g/mol. The van der Waals surface area contributed by atoms with Gasteiger partial charge in [-0.1, -0.05) is 0 Å². The average Bonchev–Trinajstić information content (AvgIpc) is 3.27. The zero-order chi connectivity index (χ0) is 19.9. The molecule has 7 nitrogen and oxygen atoms in total. The van der Waals surface area contributed by atoms with Crippen molar-refractivity contribution in [2.24, 2.45) is 0 Å². The van der Waals surface area contributed by atoms with Gasteiger partial charge in [0.25, 0.3) is 0 Å². The van der Waals surface area contributed by atoms with Crippen LogP contribution in [0.25, 0.3) is 11.0 Å².